The van der Waals surface area contributed by atoms with Crippen molar-refractivity contribution >= 4 is 33.0 Å². The average Bonchev–Trinajstić information content (AvgIpc) is 3.17. The molecule has 1 N–H and O–H groups in total. The van der Waals surface area contributed by atoms with Crippen molar-refractivity contribution in [3.8, 4) is 0 Å². The van der Waals surface area contributed by atoms with Crippen LogP contribution < -0.4 is 9.62 Å². The van der Waals surface area contributed by atoms with Gasteiger partial charge >= 0.3 is 0 Å². The van der Waals surface area contributed by atoms with Crippen LogP contribution in [-0.4, -0.2) is 25.9 Å². The number of aromatic nitrogens is 1. The molecule has 116 valence electrons. The summed E-state index contributed by atoms with van der Waals surface area (Å²) < 4.78 is 26.9. The van der Waals surface area contributed by atoms with Gasteiger partial charge in [0.1, 0.15) is 0 Å². The molecular formula is C14H15N3O3S2. The summed E-state index contributed by atoms with van der Waals surface area (Å²) in [5.41, 5.74) is 3.08. The van der Waals surface area contributed by atoms with Gasteiger partial charge in [0.2, 0.25) is 15.9 Å². The van der Waals surface area contributed by atoms with Gasteiger partial charge in [0, 0.05) is 24.0 Å². The molecule has 1 aliphatic heterocycles. The number of carbonyl (C=O) groups excluding carboxylic acids is 1. The second-order valence-corrected chi connectivity index (χ2v) is 7.43. The van der Waals surface area contributed by atoms with Gasteiger partial charge < -0.3 is 4.90 Å². The van der Waals surface area contributed by atoms with Crippen LogP contribution >= 0.6 is 11.3 Å². The van der Waals surface area contributed by atoms with E-state index in [0.29, 0.717) is 18.7 Å². The molecule has 2 heterocycles. The Balaban J connectivity index is 1.72. The molecule has 22 heavy (non-hydrogen) atoms. The van der Waals surface area contributed by atoms with Crippen molar-refractivity contribution in [1.29, 1.82) is 0 Å². The molecule has 0 unspecified atom stereocenters. The largest absolute Gasteiger partial charge is 0.312 e. The van der Waals surface area contributed by atoms with E-state index in [1.54, 1.807) is 27.9 Å². The predicted molar refractivity (Wildman–Crippen MR) is 84.2 cm³/mol. The molecule has 1 aromatic carbocycles. The summed E-state index contributed by atoms with van der Waals surface area (Å²) in [4.78, 5) is 17.6. The number of thiazole rings is 1. The van der Waals surface area contributed by atoms with Gasteiger partial charge in [-0.2, -0.15) is 0 Å². The lowest BCUT2D eigenvalue weighted by molar-refractivity contribution is -0.117. The van der Waals surface area contributed by atoms with E-state index < -0.39 is 10.0 Å². The van der Waals surface area contributed by atoms with Crippen LogP contribution in [-0.2, 0) is 21.4 Å². The first-order valence-electron chi connectivity index (χ1n) is 6.83. The zero-order chi connectivity index (χ0) is 15.6. The molecule has 1 amide bonds. The third-order valence-electron chi connectivity index (χ3n) is 3.46. The molecule has 8 heteroatoms. The van der Waals surface area contributed by atoms with Crippen molar-refractivity contribution in [3.05, 3.63) is 40.8 Å². The van der Waals surface area contributed by atoms with Crippen LogP contribution in [0.3, 0.4) is 0 Å². The van der Waals surface area contributed by atoms with Crippen LogP contribution in [0.2, 0.25) is 0 Å². The van der Waals surface area contributed by atoms with E-state index in [0.717, 1.165) is 12.1 Å². The highest BCUT2D eigenvalue weighted by molar-refractivity contribution is 7.89. The minimum atomic E-state index is -3.58. The Bertz CT molecular complexity index is 755. The normalized spacial score (nSPS) is 15.5. The molecule has 0 radical (unpaired) electrons. The van der Waals surface area contributed by atoms with Gasteiger partial charge in [-0.05, 0) is 30.7 Å². The number of amides is 1. The quantitative estimate of drug-likeness (QED) is 0.901. The first-order valence-corrected chi connectivity index (χ1v) is 9.26. The molecule has 0 aliphatic carbocycles. The number of hydrogen-bond acceptors (Lipinski definition) is 5. The number of carbonyl (C=O) groups is 1. The van der Waals surface area contributed by atoms with E-state index in [1.807, 2.05) is 0 Å². The molecular weight excluding hydrogens is 322 g/mol. The molecule has 6 nitrogen and oxygen atoms in total. The maximum absolute atomic E-state index is 12.2. The lowest BCUT2D eigenvalue weighted by atomic mass is 10.3. The summed E-state index contributed by atoms with van der Waals surface area (Å²) >= 11 is 1.42. The van der Waals surface area contributed by atoms with Crippen molar-refractivity contribution < 1.29 is 13.2 Å². The summed E-state index contributed by atoms with van der Waals surface area (Å²) in [5, 5.41) is 1.80. The minimum absolute atomic E-state index is 0.0808. The Morgan fingerprint density at radius 1 is 1.27 bits per heavy atom. The minimum Gasteiger partial charge on any atom is -0.312 e. The number of nitrogens with one attached hydrogen (secondary N) is 1. The Morgan fingerprint density at radius 2 is 2.05 bits per heavy atom. The van der Waals surface area contributed by atoms with Gasteiger partial charge in [-0.25, -0.2) is 18.1 Å². The van der Waals surface area contributed by atoms with Crippen molar-refractivity contribution in [2.75, 3.05) is 11.4 Å². The fraction of sp³-hybridized carbons (Fsp3) is 0.286. The van der Waals surface area contributed by atoms with Gasteiger partial charge in [-0.15, -0.1) is 11.3 Å². The molecule has 0 atom stereocenters. The SMILES string of the molecule is O=C1CCCN1c1ccc(S(=O)(=O)NCc2cscn2)cc1. The van der Waals surface area contributed by atoms with E-state index in [9.17, 15) is 13.2 Å². The molecule has 1 saturated heterocycles. The van der Waals surface area contributed by atoms with Gasteiger partial charge in [-0.1, -0.05) is 0 Å². The van der Waals surface area contributed by atoms with Crippen LogP contribution in [0.25, 0.3) is 0 Å². The lowest BCUT2D eigenvalue weighted by Gasteiger charge is -2.16. The summed E-state index contributed by atoms with van der Waals surface area (Å²) in [6, 6.07) is 6.37. The number of hydrogen-bond donors (Lipinski definition) is 1. The molecule has 3 rings (SSSR count). The number of benzene rings is 1. The monoisotopic (exact) mass is 337 g/mol. The number of sulfonamides is 1. The van der Waals surface area contributed by atoms with Crippen LogP contribution in [0.4, 0.5) is 5.69 Å². The van der Waals surface area contributed by atoms with Crippen LogP contribution in [0.15, 0.2) is 40.1 Å². The summed E-state index contributed by atoms with van der Waals surface area (Å²) in [5.74, 6) is 0.0808. The summed E-state index contributed by atoms with van der Waals surface area (Å²) in [7, 11) is -3.58. The molecule has 0 spiro atoms. The third kappa shape index (κ3) is 3.18. The highest BCUT2D eigenvalue weighted by atomic mass is 32.2. The number of rotatable bonds is 5. The third-order valence-corrected chi connectivity index (χ3v) is 5.51. The maximum Gasteiger partial charge on any atom is 0.240 e. The molecule has 2 aromatic rings. The second kappa shape index (κ2) is 6.15. The number of anilines is 1. The second-order valence-electron chi connectivity index (χ2n) is 4.95. The van der Waals surface area contributed by atoms with Crippen molar-refractivity contribution in [3.63, 3.8) is 0 Å². The Morgan fingerprint density at radius 3 is 2.64 bits per heavy atom. The molecule has 0 bridgehead atoms. The van der Waals surface area contributed by atoms with Crippen molar-refractivity contribution in [1.82, 2.24) is 9.71 Å². The molecule has 0 saturated carbocycles. The Labute approximate surface area is 132 Å². The maximum atomic E-state index is 12.2. The Kier molecular flexibility index (Phi) is 4.23. The van der Waals surface area contributed by atoms with Gasteiger partial charge in [0.25, 0.3) is 0 Å². The van der Waals surface area contributed by atoms with E-state index in [-0.39, 0.29) is 17.3 Å². The predicted octanol–water partition coefficient (Wildman–Crippen LogP) is 1.75. The van der Waals surface area contributed by atoms with E-state index in [4.69, 9.17) is 0 Å². The lowest BCUT2D eigenvalue weighted by Crippen LogP contribution is -2.25. The van der Waals surface area contributed by atoms with Crippen LogP contribution in [0, 0.1) is 0 Å². The standard InChI is InChI=1S/C14H15N3O3S2/c18-14-2-1-7-17(14)12-3-5-13(6-4-12)22(19,20)16-8-11-9-21-10-15-11/h3-6,9-10,16H,1-2,7-8H2. The molecule has 1 fully saturated rings. The average molecular weight is 337 g/mol. The summed E-state index contributed by atoms with van der Waals surface area (Å²) in [6.07, 6.45) is 1.39. The van der Waals surface area contributed by atoms with Crippen LogP contribution in [0.1, 0.15) is 18.5 Å². The first-order chi connectivity index (χ1) is 10.6. The summed E-state index contributed by atoms with van der Waals surface area (Å²) in [6.45, 7) is 0.852. The van der Waals surface area contributed by atoms with E-state index in [2.05, 4.69) is 9.71 Å². The smallest absolute Gasteiger partial charge is 0.240 e. The highest BCUT2D eigenvalue weighted by Gasteiger charge is 2.22. The van der Waals surface area contributed by atoms with Crippen molar-refractivity contribution in [2.45, 2.75) is 24.3 Å². The van der Waals surface area contributed by atoms with Crippen LogP contribution in [0.5, 0.6) is 0 Å². The van der Waals surface area contributed by atoms with E-state index in [1.165, 1.54) is 23.5 Å². The Hall–Kier alpha value is -1.77. The highest BCUT2D eigenvalue weighted by Crippen LogP contribution is 2.23. The molecule has 1 aromatic heterocycles. The van der Waals surface area contributed by atoms with Gasteiger partial charge in [-0.3, -0.25) is 4.79 Å². The van der Waals surface area contributed by atoms with Gasteiger partial charge in [0.05, 0.1) is 22.6 Å². The van der Waals surface area contributed by atoms with E-state index >= 15 is 0 Å². The molecule has 1 aliphatic rings. The van der Waals surface area contributed by atoms with Gasteiger partial charge in [0.15, 0.2) is 0 Å². The topological polar surface area (TPSA) is 79.4 Å². The van der Waals surface area contributed by atoms with Crippen molar-refractivity contribution in [2.24, 2.45) is 0 Å². The fourth-order valence-electron chi connectivity index (χ4n) is 2.30. The zero-order valence-electron chi connectivity index (χ0n) is 11.7. The number of nitrogens with zero attached hydrogens (tertiary/aromatic N) is 2. The fourth-order valence-corrected chi connectivity index (χ4v) is 3.86. The first kappa shape index (κ1) is 15.1. The zero-order valence-corrected chi connectivity index (χ0v) is 13.4.